The molecule has 2 heterocycles. The van der Waals surface area contributed by atoms with E-state index in [9.17, 15) is 9.59 Å². The summed E-state index contributed by atoms with van der Waals surface area (Å²) in [6.07, 6.45) is 0. The summed E-state index contributed by atoms with van der Waals surface area (Å²) >= 11 is 5.02. The highest BCUT2D eigenvalue weighted by Crippen LogP contribution is 2.26. The normalized spacial score (nSPS) is 20.1. The monoisotopic (exact) mass is 290 g/mol. The Morgan fingerprint density at radius 1 is 1.47 bits per heavy atom. The van der Waals surface area contributed by atoms with Gasteiger partial charge in [0.15, 0.2) is 0 Å². The molecule has 1 aromatic heterocycles. The molecule has 0 spiro atoms. The Hall–Kier alpha value is -0.490. The fourth-order valence-electron chi connectivity index (χ4n) is 1.63. The summed E-state index contributed by atoms with van der Waals surface area (Å²) in [6.45, 7) is 2.75. The van der Waals surface area contributed by atoms with Crippen LogP contribution in [-0.4, -0.2) is 14.4 Å². The molecule has 6 heteroatoms. The van der Waals surface area contributed by atoms with Gasteiger partial charge in [0.05, 0.1) is 5.69 Å². The lowest BCUT2D eigenvalue weighted by Crippen LogP contribution is -2.43. The smallest absolute Gasteiger partial charge is 0.294 e. The minimum Gasteiger partial charge on any atom is -0.294 e. The molecule has 82 valence electrons. The summed E-state index contributed by atoms with van der Waals surface area (Å²) in [5, 5.41) is 0.416. The molecule has 1 aliphatic rings. The number of nitrogens with zero attached hydrogens (tertiary/aromatic N) is 2. The molecule has 0 aliphatic carbocycles. The van der Waals surface area contributed by atoms with Gasteiger partial charge in [0.1, 0.15) is 4.47 Å². The van der Waals surface area contributed by atoms with Gasteiger partial charge in [-0.2, -0.15) is 11.8 Å². The van der Waals surface area contributed by atoms with E-state index in [4.69, 9.17) is 0 Å². The van der Waals surface area contributed by atoms with E-state index in [2.05, 4.69) is 22.9 Å². The maximum absolute atomic E-state index is 11.8. The first-order chi connectivity index (χ1) is 7.02. The van der Waals surface area contributed by atoms with Crippen LogP contribution in [0, 0.1) is 0 Å². The number of aromatic nitrogens is 2. The largest absolute Gasteiger partial charge is 0.331 e. The maximum atomic E-state index is 11.8. The molecule has 1 unspecified atom stereocenters. The number of hydrogen-bond donors (Lipinski definition) is 0. The topological polar surface area (TPSA) is 44.0 Å². The molecule has 0 aromatic carbocycles. The minimum absolute atomic E-state index is 0.217. The average molecular weight is 291 g/mol. The second-order valence-electron chi connectivity index (χ2n) is 3.64. The van der Waals surface area contributed by atoms with Crippen molar-refractivity contribution in [2.45, 2.75) is 24.5 Å². The highest BCUT2D eigenvalue weighted by molar-refractivity contribution is 9.10. The number of hydrogen-bond acceptors (Lipinski definition) is 3. The fraction of sp³-hybridized carbons (Fsp3) is 0.556. The van der Waals surface area contributed by atoms with Crippen LogP contribution in [0.2, 0.25) is 0 Å². The molecule has 15 heavy (non-hydrogen) atoms. The Balaban J connectivity index is 2.77. The number of fused-ring (bicyclic) bond motifs is 1. The molecule has 0 N–H and O–H groups in total. The Kier molecular flexibility index (Phi) is 2.81. The van der Waals surface area contributed by atoms with Crippen molar-refractivity contribution in [3.63, 3.8) is 0 Å². The van der Waals surface area contributed by atoms with Crippen LogP contribution in [0.25, 0.3) is 0 Å². The number of thioether (sulfide) groups is 1. The van der Waals surface area contributed by atoms with Gasteiger partial charge in [-0.25, -0.2) is 4.79 Å². The highest BCUT2D eigenvalue weighted by Gasteiger charge is 2.21. The standard InChI is InChI=1S/C9H11BrN2O2S/c1-5-3-12-6(4-15-5)7(10)8(13)11(2)9(12)14/h5H,3-4H2,1-2H3. The van der Waals surface area contributed by atoms with Gasteiger partial charge in [-0.1, -0.05) is 6.92 Å². The summed E-state index contributed by atoms with van der Waals surface area (Å²) in [5.41, 5.74) is 0.345. The van der Waals surface area contributed by atoms with Gasteiger partial charge in [-0.15, -0.1) is 0 Å². The quantitative estimate of drug-likeness (QED) is 0.714. The zero-order chi connectivity index (χ0) is 11.2. The van der Waals surface area contributed by atoms with Crippen molar-refractivity contribution in [2.24, 2.45) is 7.05 Å². The van der Waals surface area contributed by atoms with E-state index in [1.807, 2.05) is 0 Å². The van der Waals surface area contributed by atoms with Crippen molar-refractivity contribution in [3.8, 4) is 0 Å². The highest BCUT2D eigenvalue weighted by atomic mass is 79.9. The van der Waals surface area contributed by atoms with E-state index < -0.39 is 0 Å². The van der Waals surface area contributed by atoms with Crippen molar-refractivity contribution in [2.75, 3.05) is 0 Å². The molecule has 0 saturated heterocycles. The van der Waals surface area contributed by atoms with E-state index in [1.165, 1.54) is 7.05 Å². The van der Waals surface area contributed by atoms with Gasteiger partial charge in [-0.05, 0) is 15.9 Å². The second kappa shape index (κ2) is 3.83. The number of halogens is 1. The van der Waals surface area contributed by atoms with Crippen molar-refractivity contribution >= 4 is 27.7 Å². The summed E-state index contributed by atoms with van der Waals surface area (Å²) < 4.78 is 3.35. The average Bonchev–Trinajstić information content (AvgIpc) is 2.23. The molecule has 0 bridgehead atoms. The summed E-state index contributed by atoms with van der Waals surface area (Å²) in [6, 6.07) is 0. The summed E-state index contributed by atoms with van der Waals surface area (Å²) in [5.74, 6) is 0.715. The third-order valence-electron chi connectivity index (χ3n) is 2.53. The molecule has 0 radical (unpaired) electrons. The Morgan fingerprint density at radius 2 is 2.13 bits per heavy atom. The van der Waals surface area contributed by atoms with Crippen LogP contribution in [0.4, 0.5) is 0 Å². The molecule has 1 aromatic rings. The van der Waals surface area contributed by atoms with Gasteiger partial charge < -0.3 is 0 Å². The Labute approximate surface area is 99.4 Å². The van der Waals surface area contributed by atoms with Gasteiger partial charge in [0, 0.05) is 24.6 Å². The first kappa shape index (κ1) is 11.0. The van der Waals surface area contributed by atoms with E-state index in [1.54, 1.807) is 16.3 Å². The molecule has 0 saturated carbocycles. The molecular weight excluding hydrogens is 280 g/mol. The van der Waals surface area contributed by atoms with Crippen molar-refractivity contribution in [1.82, 2.24) is 9.13 Å². The molecule has 1 aliphatic heterocycles. The van der Waals surface area contributed by atoms with Gasteiger partial charge in [0.25, 0.3) is 5.56 Å². The lowest BCUT2D eigenvalue weighted by molar-refractivity contribution is 0.564. The minimum atomic E-state index is -0.249. The molecule has 0 amide bonds. The molecule has 1 atom stereocenters. The summed E-state index contributed by atoms with van der Waals surface area (Å²) in [4.78, 5) is 23.5. The summed E-state index contributed by atoms with van der Waals surface area (Å²) in [7, 11) is 1.51. The first-order valence-electron chi connectivity index (χ1n) is 4.62. The van der Waals surface area contributed by atoms with Crippen LogP contribution in [-0.2, 0) is 19.3 Å². The third-order valence-corrected chi connectivity index (χ3v) is 4.49. The van der Waals surface area contributed by atoms with Crippen LogP contribution in [0.5, 0.6) is 0 Å². The first-order valence-corrected chi connectivity index (χ1v) is 6.46. The Morgan fingerprint density at radius 3 is 2.80 bits per heavy atom. The van der Waals surface area contributed by atoms with Crippen molar-refractivity contribution in [3.05, 3.63) is 31.0 Å². The van der Waals surface area contributed by atoms with E-state index in [0.717, 1.165) is 10.3 Å². The SMILES string of the molecule is CC1Cn2c(c(Br)c(=O)n(C)c2=O)CS1. The Bertz CT molecular complexity index is 520. The lowest BCUT2D eigenvalue weighted by atomic mass is 10.3. The zero-order valence-corrected chi connectivity index (χ0v) is 10.9. The van der Waals surface area contributed by atoms with Crippen LogP contribution >= 0.6 is 27.7 Å². The van der Waals surface area contributed by atoms with Gasteiger partial charge in [-0.3, -0.25) is 13.9 Å². The maximum Gasteiger partial charge on any atom is 0.331 e. The second-order valence-corrected chi connectivity index (χ2v) is 5.86. The molecular formula is C9H11BrN2O2S. The van der Waals surface area contributed by atoms with Crippen LogP contribution in [0.15, 0.2) is 14.1 Å². The lowest BCUT2D eigenvalue weighted by Gasteiger charge is -2.24. The van der Waals surface area contributed by atoms with Gasteiger partial charge >= 0.3 is 5.69 Å². The predicted molar refractivity (Wildman–Crippen MR) is 64.4 cm³/mol. The van der Waals surface area contributed by atoms with E-state index >= 15 is 0 Å². The molecule has 0 fully saturated rings. The molecule has 4 nitrogen and oxygen atoms in total. The van der Waals surface area contributed by atoms with E-state index in [0.29, 0.717) is 22.0 Å². The third kappa shape index (κ3) is 1.69. The predicted octanol–water partition coefficient (Wildman–Crippen LogP) is 0.945. The van der Waals surface area contributed by atoms with Gasteiger partial charge in [0.2, 0.25) is 0 Å². The zero-order valence-electron chi connectivity index (χ0n) is 8.49. The van der Waals surface area contributed by atoms with Crippen LogP contribution in [0.3, 0.4) is 0 Å². The molecule has 2 rings (SSSR count). The van der Waals surface area contributed by atoms with Crippen LogP contribution in [0.1, 0.15) is 12.6 Å². The van der Waals surface area contributed by atoms with Crippen molar-refractivity contribution in [1.29, 1.82) is 0 Å². The van der Waals surface area contributed by atoms with Crippen LogP contribution < -0.4 is 11.2 Å². The fourth-order valence-corrected chi connectivity index (χ4v) is 3.44. The van der Waals surface area contributed by atoms with E-state index in [-0.39, 0.29) is 11.2 Å². The number of rotatable bonds is 0. The van der Waals surface area contributed by atoms with Crippen molar-refractivity contribution < 1.29 is 0 Å².